The lowest BCUT2D eigenvalue weighted by atomic mass is 10.2. The minimum absolute atomic E-state index is 0.0754. The third kappa shape index (κ3) is 2.74. The van der Waals surface area contributed by atoms with Gasteiger partial charge in [0.05, 0.1) is 6.04 Å². The number of pyridine rings is 1. The SMILES string of the molecule is O=C(NC1CNNC1)c1ccnc(Br)c1. The molecule has 15 heavy (non-hydrogen) atoms. The van der Waals surface area contributed by atoms with Gasteiger partial charge in [0.2, 0.25) is 0 Å². The highest BCUT2D eigenvalue weighted by Gasteiger charge is 2.17. The molecule has 3 N–H and O–H groups in total. The summed E-state index contributed by atoms with van der Waals surface area (Å²) in [5.41, 5.74) is 6.52. The number of rotatable bonds is 2. The van der Waals surface area contributed by atoms with E-state index in [1.165, 1.54) is 0 Å². The largest absolute Gasteiger partial charge is 0.347 e. The molecule has 80 valence electrons. The zero-order valence-corrected chi connectivity index (χ0v) is 9.54. The van der Waals surface area contributed by atoms with Crippen molar-refractivity contribution in [2.24, 2.45) is 0 Å². The third-order valence-corrected chi connectivity index (χ3v) is 2.58. The van der Waals surface area contributed by atoms with E-state index in [4.69, 9.17) is 0 Å². The van der Waals surface area contributed by atoms with E-state index in [0.29, 0.717) is 10.2 Å². The van der Waals surface area contributed by atoms with Crippen LogP contribution in [-0.4, -0.2) is 30.0 Å². The summed E-state index contributed by atoms with van der Waals surface area (Å²) >= 11 is 3.23. The lowest BCUT2D eigenvalue weighted by Crippen LogP contribution is -2.38. The van der Waals surface area contributed by atoms with Crippen molar-refractivity contribution in [1.29, 1.82) is 0 Å². The van der Waals surface area contributed by atoms with Gasteiger partial charge >= 0.3 is 0 Å². The molecule has 0 radical (unpaired) electrons. The first kappa shape index (κ1) is 10.5. The van der Waals surface area contributed by atoms with Crippen molar-refractivity contribution in [1.82, 2.24) is 21.2 Å². The van der Waals surface area contributed by atoms with Crippen LogP contribution in [0.15, 0.2) is 22.9 Å². The lowest BCUT2D eigenvalue weighted by Gasteiger charge is -2.10. The van der Waals surface area contributed by atoms with Crippen LogP contribution in [0.25, 0.3) is 0 Å². The molecule has 1 saturated heterocycles. The monoisotopic (exact) mass is 270 g/mol. The van der Waals surface area contributed by atoms with E-state index in [9.17, 15) is 4.79 Å². The molecule has 0 spiro atoms. The van der Waals surface area contributed by atoms with Gasteiger partial charge in [0.15, 0.2) is 0 Å². The van der Waals surface area contributed by atoms with E-state index < -0.39 is 0 Å². The van der Waals surface area contributed by atoms with Crippen LogP contribution in [0.4, 0.5) is 0 Å². The highest BCUT2D eigenvalue weighted by molar-refractivity contribution is 9.10. The van der Waals surface area contributed by atoms with Crippen molar-refractivity contribution in [3.8, 4) is 0 Å². The Balaban J connectivity index is 2.01. The van der Waals surface area contributed by atoms with Crippen LogP contribution in [0.2, 0.25) is 0 Å². The molecule has 0 aliphatic carbocycles. The van der Waals surface area contributed by atoms with Crippen LogP contribution >= 0.6 is 15.9 Å². The number of carbonyl (C=O) groups is 1. The van der Waals surface area contributed by atoms with Crippen molar-refractivity contribution in [3.05, 3.63) is 28.5 Å². The summed E-state index contributed by atoms with van der Waals surface area (Å²) in [7, 11) is 0. The topological polar surface area (TPSA) is 66.1 Å². The van der Waals surface area contributed by atoms with Crippen molar-refractivity contribution < 1.29 is 4.79 Å². The molecular weight excluding hydrogens is 260 g/mol. The van der Waals surface area contributed by atoms with Crippen molar-refractivity contribution in [2.75, 3.05) is 13.1 Å². The van der Waals surface area contributed by atoms with Gasteiger partial charge in [0.1, 0.15) is 4.60 Å². The Kier molecular flexibility index (Phi) is 3.30. The zero-order valence-electron chi connectivity index (χ0n) is 7.96. The number of amides is 1. The molecule has 1 aromatic rings. The lowest BCUT2D eigenvalue weighted by molar-refractivity contribution is 0.0941. The Bertz CT molecular complexity index is 365. The van der Waals surface area contributed by atoms with Crippen LogP contribution in [0, 0.1) is 0 Å². The Hall–Kier alpha value is -0.980. The number of halogens is 1. The van der Waals surface area contributed by atoms with Gasteiger partial charge in [-0.3, -0.25) is 15.6 Å². The third-order valence-electron chi connectivity index (χ3n) is 2.15. The first-order valence-electron chi connectivity index (χ1n) is 4.64. The van der Waals surface area contributed by atoms with Gasteiger partial charge in [-0.25, -0.2) is 4.98 Å². The molecular formula is C9H11BrN4O. The van der Waals surface area contributed by atoms with Gasteiger partial charge < -0.3 is 5.32 Å². The van der Waals surface area contributed by atoms with Gasteiger partial charge in [0, 0.05) is 24.8 Å². The standard InChI is InChI=1S/C9H11BrN4O/c10-8-3-6(1-2-11-8)9(15)14-7-4-12-13-5-7/h1-3,7,12-13H,4-5H2,(H,14,15). The maximum atomic E-state index is 11.7. The molecule has 1 amide bonds. The van der Waals surface area contributed by atoms with Crippen LogP contribution in [-0.2, 0) is 0 Å². The molecule has 1 aliphatic rings. The molecule has 2 rings (SSSR count). The minimum Gasteiger partial charge on any atom is -0.347 e. The molecule has 0 bridgehead atoms. The minimum atomic E-state index is -0.0754. The molecule has 6 heteroatoms. The van der Waals surface area contributed by atoms with Crippen molar-refractivity contribution >= 4 is 21.8 Å². The predicted molar refractivity (Wildman–Crippen MR) is 59.2 cm³/mol. The van der Waals surface area contributed by atoms with E-state index >= 15 is 0 Å². The molecule has 5 nitrogen and oxygen atoms in total. The first-order chi connectivity index (χ1) is 7.25. The smallest absolute Gasteiger partial charge is 0.251 e. The highest BCUT2D eigenvalue weighted by Crippen LogP contribution is 2.08. The second-order valence-electron chi connectivity index (χ2n) is 3.30. The van der Waals surface area contributed by atoms with Gasteiger partial charge in [-0.15, -0.1) is 0 Å². The Morgan fingerprint density at radius 3 is 2.93 bits per heavy atom. The fraction of sp³-hybridized carbons (Fsp3) is 0.333. The van der Waals surface area contributed by atoms with E-state index in [-0.39, 0.29) is 11.9 Å². The van der Waals surface area contributed by atoms with E-state index in [1.54, 1.807) is 18.3 Å². The second-order valence-corrected chi connectivity index (χ2v) is 4.11. The predicted octanol–water partition coefficient (Wildman–Crippen LogP) is 0.0503. The molecule has 0 atom stereocenters. The fourth-order valence-corrected chi connectivity index (χ4v) is 1.74. The van der Waals surface area contributed by atoms with E-state index in [1.807, 2.05) is 0 Å². The number of nitrogens with zero attached hydrogens (tertiary/aromatic N) is 1. The summed E-state index contributed by atoms with van der Waals surface area (Å²) in [6.45, 7) is 1.50. The van der Waals surface area contributed by atoms with Gasteiger partial charge in [-0.05, 0) is 28.1 Å². The fourth-order valence-electron chi connectivity index (χ4n) is 1.38. The number of hydrazine groups is 1. The average Bonchev–Trinajstić information content (AvgIpc) is 2.70. The maximum absolute atomic E-state index is 11.7. The van der Waals surface area contributed by atoms with Crippen LogP contribution in [0.3, 0.4) is 0 Å². The zero-order chi connectivity index (χ0) is 10.7. The normalized spacial score (nSPS) is 16.6. The number of carbonyl (C=O) groups excluding carboxylic acids is 1. The molecule has 1 aromatic heterocycles. The van der Waals surface area contributed by atoms with E-state index in [2.05, 4.69) is 37.1 Å². The van der Waals surface area contributed by atoms with Gasteiger partial charge in [0.25, 0.3) is 5.91 Å². The molecule has 1 aliphatic heterocycles. The second kappa shape index (κ2) is 4.69. The molecule has 0 unspecified atom stereocenters. The van der Waals surface area contributed by atoms with Crippen LogP contribution in [0.5, 0.6) is 0 Å². The van der Waals surface area contributed by atoms with Crippen molar-refractivity contribution in [2.45, 2.75) is 6.04 Å². The Morgan fingerprint density at radius 2 is 2.27 bits per heavy atom. The summed E-state index contributed by atoms with van der Waals surface area (Å²) in [5, 5.41) is 2.91. The number of hydrogen-bond donors (Lipinski definition) is 3. The number of aromatic nitrogens is 1. The van der Waals surface area contributed by atoms with E-state index in [0.717, 1.165) is 13.1 Å². The summed E-state index contributed by atoms with van der Waals surface area (Å²) in [5.74, 6) is -0.0754. The summed E-state index contributed by atoms with van der Waals surface area (Å²) in [6.07, 6.45) is 1.60. The molecule has 2 heterocycles. The molecule has 1 fully saturated rings. The van der Waals surface area contributed by atoms with Gasteiger partial charge in [-0.1, -0.05) is 0 Å². The van der Waals surface area contributed by atoms with Crippen molar-refractivity contribution in [3.63, 3.8) is 0 Å². The Morgan fingerprint density at radius 1 is 1.53 bits per heavy atom. The first-order valence-corrected chi connectivity index (χ1v) is 5.43. The maximum Gasteiger partial charge on any atom is 0.251 e. The summed E-state index contributed by atoms with van der Waals surface area (Å²) in [6, 6.07) is 3.53. The molecule has 0 aromatic carbocycles. The van der Waals surface area contributed by atoms with Crippen LogP contribution < -0.4 is 16.2 Å². The quantitative estimate of drug-likeness (QED) is 0.665. The average molecular weight is 271 g/mol. The van der Waals surface area contributed by atoms with Gasteiger partial charge in [-0.2, -0.15) is 0 Å². The molecule has 0 saturated carbocycles. The van der Waals surface area contributed by atoms with Crippen LogP contribution in [0.1, 0.15) is 10.4 Å². The number of nitrogens with one attached hydrogen (secondary N) is 3. The highest BCUT2D eigenvalue weighted by atomic mass is 79.9. The summed E-state index contributed by atoms with van der Waals surface area (Å²) in [4.78, 5) is 15.7. The Labute approximate surface area is 95.8 Å². The summed E-state index contributed by atoms with van der Waals surface area (Å²) < 4.78 is 0.665. The number of hydrogen-bond acceptors (Lipinski definition) is 4.